The molecule has 31 heavy (non-hydrogen) atoms. The first-order chi connectivity index (χ1) is 14.9. The van der Waals surface area contributed by atoms with Gasteiger partial charge in [-0.1, -0.05) is 11.6 Å². The highest BCUT2D eigenvalue weighted by Crippen LogP contribution is 2.39. The number of nitrogen functional groups attached to an aromatic ring is 1. The third kappa shape index (κ3) is 3.30. The number of nitriles is 1. The van der Waals surface area contributed by atoms with Crippen LogP contribution in [0.5, 0.6) is 17.5 Å². The molecule has 0 saturated heterocycles. The summed E-state index contributed by atoms with van der Waals surface area (Å²) in [6.07, 6.45) is 2.55. The average Bonchev–Trinajstić information content (AvgIpc) is 3.03. The predicted octanol–water partition coefficient (Wildman–Crippen LogP) is 3.08. The number of fused-ring (bicyclic) bond motifs is 1. The van der Waals surface area contributed by atoms with E-state index < -0.39 is 0 Å². The maximum absolute atomic E-state index is 9.68. The van der Waals surface area contributed by atoms with Crippen LogP contribution in [0, 0.1) is 18.3 Å². The highest BCUT2D eigenvalue weighted by atomic mass is 16.5. The maximum atomic E-state index is 9.68. The summed E-state index contributed by atoms with van der Waals surface area (Å²) in [6, 6.07) is 8.19. The molecule has 1 fully saturated rings. The molecule has 9 nitrogen and oxygen atoms in total. The molecule has 0 spiro atoms. The van der Waals surface area contributed by atoms with Crippen LogP contribution in [0.25, 0.3) is 11.3 Å². The van der Waals surface area contributed by atoms with Gasteiger partial charge in [-0.25, -0.2) is 9.97 Å². The molecule has 6 rings (SSSR count). The Labute approximate surface area is 179 Å². The van der Waals surface area contributed by atoms with Gasteiger partial charge in [-0.05, 0) is 26.0 Å². The van der Waals surface area contributed by atoms with Crippen molar-refractivity contribution in [2.75, 3.05) is 5.73 Å². The Bertz CT molecular complexity index is 1210. The van der Waals surface area contributed by atoms with Gasteiger partial charge in [0.25, 0.3) is 5.88 Å². The van der Waals surface area contributed by atoms with Crippen molar-refractivity contribution < 1.29 is 14.2 Å². The molecule has 4 heterocycles. The first-order valence-electron chi connectivity index (χ1n) is 10.1. The fourth-order valence-electron chi connectivity index (χ4n) is 3.90. The van der Waals surface area contributed by atoms with Crippen molar-refractivity contribution in [2.24, 2.45) is 7.05 Å². The van der Waals surface area contributed by atoms with Crippen LogP contribution < -0.4 is 19.9 Å². The van der Waals surface area contributed by atoms with Crippen LogP contribution in [0.4, 0.5) is 5.82 Å². The molecule has 4 bridgehead atoms. The van der Waals surface area contributed by atoms with Crippen LogP contribution in [-0.2, 0) is 7.05 Å². The van der Waals surface area contributed by atoms with Crippen molar-refractivity contribution in [1.29, 1.82) is 5.26 Å². The zero-order chi connectivity index (χ0) is 21.7. The number of hydrogen-bond acceptors (Lipinski definition) is 8. The predicted molar refractivity (Wildman–Crippen MR) is 112 cm³/mol. The number of aromatic nitrogens is 4. The number of benzene rings is 1. The minimum atomic E-state index is -0.374. The van der Waals surface area contributed by atoms with Crippen molar-refractivity contribution in [3.63, 3.8) is 0 Å². The molecule has 1 aliphatic carbocycles. The summed E-state index contributed by atoms with van der Waals surface area (Å²) in [6.45, 7) is 3.94. The Morgan fingerprint density at radius 3 is 2.71 bits per heavy atom. The van der Waals surface area contributed by atoms with Gasteiger partial charge in [-0.3, -0.25) is 4.68 Å². The molecule has 2 N–H and O–H groups in total. The molecule has 158 valence electrons. The fourth-order valence-corrected chi connectivity index (χ4v) is 3.90. The quantitative estimate of drug-likeness (QED) is 0.591. The highest BCUT2D eigenvalue weighted by Gasteiger charge is 2.36. The number of hydrogen-bond donors (Lipinski definition) is 1. The first-order valence-corrected chi connectivity index (χ1v) is 10.1. The normalized spacial score (nSPS) is 21.7. The lowest BCUT2D eigenvalue weighted by atomic mass is 9.91. The molecule has 2 aliphatic heterocycles. The molecule has 0 amide bonds. The first kappa shape index (κ1) is 19.2. The number of rotatable bonds is 0. The average molecular weight is 418 g/mol. The zero-order valence-corrected chi connectivity index (χ0v) is 17.5. The summed E-state index contributed by atoms with van der Waals surface area (Å²) in [5.41, 5.74) is 9.30. The smallest absolute Gasteiger partial charge is 0.258 e. The summed E-state index contributed by atoms with van der Waals surface area (Å²) < 4.78 is 20.0. The van der Waals surface area contributed by atoms with Gasteiger partial charge < -0.3 is 19.9 Å². The van der Waals surface area contributed by atoms with E-state index in [1.165, 1.54) is 10.9 Å². The molecule has 1 aromatic carbocycles. The van der Waals surface area contributed by atoms with Crippen LogP contribution in [0.15, 0.2) is 24.4 Å². The van der Waals surface area contributed by atoms with Crippen LogP contribution in [0.1, 0.15) is 42.7 Å². The molecule has 1 atom stereocenters. The fraction of sp³-hybridized carbons (Fsp3) is 0.364. The number of nitrogens with zero attached hydrogens (tertiary/aromatic N) is 5. The van der Waals surface area contributed by atoms with Crippen LogP contribution in [0.2, 0.25) is 0 Å². The Hall–Kier alpha value is -3.80. The van der Waals surface area contributed by atoms with Crippen LogP contribution >= 0.6 is 0 Å². The van der Waals surface area contributed by atoms with Crippen molar-refractivity contribution in [2.45, 2.75) is 45.0 Å². The number of nitrogens with two attached hydrogens (primary N) is 1. The van der Waals surface area contributed by atoms with Crippen molar-refractivity contribution in [3.8, 4) is 34.8 Å². The van der Waals surface area contributed by atoms with E-state index in [-0.39, 0.29) is 30.0 Å². The van der Waals surface area contributed by atoms with E-state index >= 15 is 0 Å². The lowest BCUT2D eigenvalue weighted by Gasteiger charge is -2.36. The van der Waals surface area contributed by atoms with Crippen LogP contribution in [0.3, 0.4) is 0 Å². The van der Waals surface area contributed by atoms with Gasteiger partial charge in [0.05, 0.1) is 6.20 Å². The molecule has 0 unspecified atom stereocenters. The number of ether oxygens (including phenoxy) is 3. The Balaban J connectivity index is 1.65. The standard InChI is InChI=1S/C22H22N6O3/c1-11-4-5-18-15(6-11)12(2)29-22-20(24)25-10-16(26-22)19-17(9-23)28(3)27-21(19)31-14-7-13(8-14)30-18/h4-6,10,12-14H,7-8H2,1-3H3,(H2,24,25)/t12-,13?,14?/m1/s1. The summed E-state index contributed by atoms with van der Waals surface area (Å²) in [4.78, 5) is 8.82. The van der Waals surface area contributed by atoms with Crippen LogP contribution in [-0.4, -0.2) is 32.0 Å². The Kier molecular flexibility index (Phi) is 4.43. The molecule has 9 heteroatoms. The van der Waals surface area contributed by atoms with Gasteiger partial charge >= 0.3 is 0 Å². The molecule has 1 saturated carbocycles. The van der Waals surface area contributed by atoms with E-state index in [2.05, 4.69) is 21.1 Å². The minimum absolute atomic E-state index is 0.0342. The number of anilines is 1. The van der Waals surface area contributed by atoms with Gasteiger partial charge in [0.2, 0.25) is 5.88 Å². The maximum Gasteiger partial charge on any atom is 0.258 e. The molecule has 3 aliphatic rings. The van der Waals surface area contributed by atoms with Gasteiger partial charge in [0.1, 0.15) is 41.4 Å². The Morgan fingerprint density at radius 2 is 1.94 bits per heavy atom. The minimum Gasteiger partial charge on any atom is -0.490 e. The molecule has 0 radical (unpaired) electrons. The number of aryl methyl sites for hydroxylation is 2. The van der Waals surface area contributed by atoms with E-state index in [1.807, 2.05) is 32.0 Å². The SMILES string of the molecule is Cc1ccc2c(c1)[C@@H](C)Oc1nc(cnc1N)-c1c(nn(C)c1C#N)OC1CC(C1)O2. The lowest BCUT2D eigenvalue weighted by Crippen LogP contribution is -2.41. The van der Waals surface area contributed by atoms with Gasteiger partial charge in [-0.15, -0.1) is 5.10 Å². The second-order valence-electron chi connectivity index (χ2n) is 7.96. The molecular weight excluding hydrogens is 396 g/mol. The van der Waals surface area contributed by atoms with Gasteiger partial charge in [0.15, 0.2) is 11.5 Å². The highest BCUT2D eigenvalue weighted by molar-refractivity contribution is 5.71. The molecular formula is C22H22N6O3. The second kappa shape index (κ2) is 7.16. The summed E-state index contributed by atoms with van der Waals surface area (Å²) in [7, 11) is 1.69. The summed E-state index contributed by atoms with van der Waals surface area (Å²) >= 11 is 0. The van der Waals surface area contributed by atoms with E-state index in [4.69, 9.17) is 19.9 Å². The molecule has 3 aromatic rings. The lowest BCUT2D eigenvalue weighted by molar-refractivity contribution is 0.000899. The third-order valence-corrected chi connectivity index (χ3v) is 5.66. The molecule has 2 aromatic heterocycles. The summed E-state index contributed by atoms with van der Waals surface area (Å²) in [5.74, 6) is 1.45. The van der Waals surface area contributed by atoms with E-state index in [1.54, 1.807) is 7.05 Å². The van der Waals surface area contributed by atoms with Crippen molar-refractivity contribution >= 4 is 5.82 Å². The third-order valence-electron chi connectivity index (χ3n) is 5.66. The zero-order valence-electron chi connectivity index (χ0n) is 17.5. The van der Waals surface area contributed by atoms with Crippen molar-refractivity contribution in [1.82, 2.24) is 19.7 Å². The second-order valence-corrected chi connectivity index (χ2v) is 7.96. The largest absolute Gasteiger partial charge is 0.490 e. The summed E-state index contributed by atoms with van der Waals surface area (Å²) in [5, 5.41) is 14.1. The van der Waals surface area contributed by atoms with E-state index in [0.29, 0.717) is 22.8 Å². The van der Waals surface area contributed by atoms with Gasteiger partial charge in [-0.2, -0.15) is 5.26 Å². The van der Waals surface area contributed by atoms with Crippen molar-refractivity contribution in [3.05, 3.63) is 41.2 Å². The van der Waals surface area contributed by atoms with Gasteiger partial charge in [0, 0.05) is 25.5 Å². The monoisotopic (exact) mass is 418 g/mol. The van der Waals surface area contributed by atoms with E-state index in [9.17, 15) is 5.26 Å². The van der Waals surface area contributed by atoms with E-state index in [0.717, 1.165) is 29.7 Å². The Morgan fingerprint density at radius 1 is 1.16 bits per heavy atom. The topological polar surface area (TPSA) is 121 Å².